The van der Waals surface area contributed by atoms with E-state index in [1.807, 2.05) is 19.1 Å². The van der Waals surface area contributed by atoms with Crippen LogP contribution in [0.4, 0.5) is 5.69 Å². The van der Waals surface area contributed by atoms with E-state index in [0.717, 1.165) is 15.2 Å². The molecule has 2 heterocycles. The van der Waals surface area contributed by atoms with Crippen molar-refractivity contribution < 1.29 is 9.59 Å². The number of amides is 2. The van der Waals surface area contributed by atoms with Crippen LogP contribution in [0.25, 0.3) is 10.2 Å². The number of thiazole rings is 1. The molecule has 0 atom stereocenters. The Morgan fingerprint density at radius 1 is 1.22 bits per heavy atom. The van der Waals surface area contributed by atoms with Gasteiger partial charge in [-0.05, 0) is 37.3 Å². The van der Waals surface area contributed by atoms with E-state index in [9.17, 15) is 9.59 Å². The maximum atomic E-state index is 12.3. The highest BCUT2D eigenvalue weighted by atomic mass is 32.1. The van der Waals surface area contributed by atoms with Gasteiger partial charge in [-0.1, -0.05) is 0 Å². The van der Waals surface area contributed by atoms with Crippen molar-refractivity contribution in [2.24, 2.45) is 10.7 Å². The predicted octanol–water partition coefficient (Wildman–Crippen LogP) is 2.08. The second-order valence-corrected chi connectivity index (χ2v) is 7.20. The van der Waals surface area contributed by atoms with Crippen LogP contribution in [0, 0.1) is 6.92 Å². The zero-order valence-electron chi connectivity index (χ0n) is 15.1. The molecule has 0 spiro atoms. The Morgan fingerprint density at radius 2 is 2.00 bits per heavy atom. The van der Waals surface area contributed by atoms with Crippen LogP contribution in [0.1, 0.15) is 25.9 Å². The number of hydrogen-bond donors (Lipinski definition) is 2. The number of nitrogens with one attached hydrogen (secondary N) is 1. The maximum absolute atomic E-state index is 12.3. The number of nitrogens with zero attached hydrogens (tertiary/aromatic N) is 4. The fourth-order valence-electron chi connectivity index (χ4n) is 2.34. The largest absolute Gasteiger partial charge is 0.369 e. The van der Waals surface area contributed by atoms with E-state index in [-0.39, 0.29) is 23.1 Å². The number of hydrogen-bond acceptors (Lipinski definition) is 6. The third-order valence-electron chi connectivity index (χ3n) is 3.62. The van der Waals surface area contributed by atoms with E-state index in [0.29, 0.717) is 5.69 Å². The molecule has 0 aliphatic heterocycles. The first-order valence-electron chi connectivity index (χ1n) is 8.04. The SMILES string of the molecule is Cc1nc2cc(N=C(N)NC(=O)c3ccc(C(=O)N(C)C)nc3)ccc2s1. The second-order valence-electron chi connectivity index (χ2n) is 5.97. The summed E-state index contributed by atoms with van der Waals surface area (Å²) in [5, 5.41) is 3.47. The molecule has 0 fully saturated rings. The molecular formula is C18H18N6O2S. The van der Waals surface area contributed by atoms with Gasteiger partial charge in [-0.15, -0.1) is 11.3 Å². The average molecular weight is 382 g/mol. The minimum atomic E-state index is -0.460. The third kappa shape index (κ3) is 4.26. The van der Waals surface area contributed by atoms with Crippen molar-refractivity contribution in [3.63, 3.8) is 0 Å². The lowest BCUT2D eigenvalue weighted by atomic mass is 10.2. The van der Waals surface area contributed by atoms with Gasteiger partial charge in [-0.2, -0.15) is 0 Å². The minimum absolute atomic E-state index is 0.0419. The van der Waals surface area contributed by atoms with Gasteiger partial charge in [0.05, 0.1) is 26.5 Å². The van der Waals surface area contributed by atoms with E-state index in [1.165, 1.54) is 23.2 Å². The first kappa shape index (κ1) is 18.5. The van der Waals surface area contributed by atoms with E-state index < -0.39 is 5.91 Å². The Hall–Kier alpha value is -3.33. The topological polar surface area (TPSA) is 114 Å². The van der Waals surface area contributed by atoms with Gasteiger partial charge in [0.2, 0.25) is 5.96 Å². The normalized spacial score (nSPS) is 11.4. The summed E-state index contributed by atoms with van der Waals surface area (Å²) in [6, 6.07) is 8.53. The van der Waals surface area contributed by atoms with Crippen molar-refractivity contribution in [3.8, 4) is 0 Å². The maximum Gasteiger partial charge on any atom is 0.271 e. The van der Waals surface area contributed by atoms with Gasteiger partial charge in [0.1, 0.15) is 5.69 Å². The van der Waals surface area contributed by atoms with Crippen LogP contribution >= 0.6 is 11.3 Å². The molecule has 0 bridgehead atoms. The Bertz CT molecular complexity index is 1040. The molecule has 3 rings (SSSR count). The number of nitrogens with two attached hydrogens (primary N) is 1. The van der Waals surface area contributed by atoms with Gasteiger partial charge < -0.3 is 10.6 Å². The molecule has 138 valence electrons. The minimum Gasteiger partial charge on any atom is -0.369 e. The summed E-state index contributed by atoms with van der Waals surface area (Å²) in [5.41, 5.74) is 7.79. The van der Waals surface area contributed by atoms with Crippen molar-refractivity contribution in [1.82, 2.24) is 20.2 Å². The van der Waals surface area contributed by atoms with E-state index >= 15 is 0 Å². The van der Waals surface area contributed by atoms with Crippen LogP contribution in [0.15, 0.2) is 41.5 Å². The number of aryl methyl sites for hydroxylation is 1. The molecule has 9 heteroatoms. The molecule has 0 unspecified atom stereocenters. The lowest BCUT2D eigenvalue weighted by Crippen LogP contribution is -2.36. The summed E-state index contributed by atoms with van der Waals surface area (Å²) in [6.07, 6.45) is 1.32. The summed E-state index contributed by atoms with van der Waals surface area (Å²) < 4.78 is 1.06. The first-order valence-corrected chi connectivity index (χ1v) is 8.85. The highest BCUT2D eigenvalue weighted by molar-refractivity contribution is 7.18. The number of rotatable bonds is 3. The van der Waals surface area contributed by atoms with Crippen molar-refractivity contribution in [3.05, 3.63) is 52.8 Å². The molecule has 2 amide bonds. The van der Waals surface area contributed by atoms with Crippen LogP contribution in [0.5, 0.6) is 0 Å². The molecular weight excluding hydrogens is 364 g/mol. The number of aliphatic imine (C=N–C) groups is 1. The van der Waals surface area contributed by atoms with Crippen LogP contribution in [-0.2, 0) is 0 Å². The highest BCUT2D eigenvalue weighted by Gasteiger charge is 2.12. The highest BCUT2D eigenvalue weighted by Crippen LogP contribution is 2.25. The molecule has 3 aromatic rings. The lowest BCUT2D eigenvalue weighted by molar-refractivity contribution is 0.0821. The van der Waals surface area contributed by atoms with Crippen LogP contribution < -0.4 is 11.1 Å². The molecule has 0 saturated heterocycles. The van der Waals surface area contributed by atoms with Crippen LogP contribution in [0.3, 0.4) is 0 Å². The smallest absolute Gasteiger partial charge is 0.271 e. The second kappa shape index (κ2) is 7.50. The van der Waals surface area contributed by atoms with Gasteiger partial charge in [0.15, 0.2) is 0 Å². The summed E-state index contributed by atoms with van der Waals surface area (Å²) in [6.45, 7) is 1.94. The molecule has 8 nitrogen and oxygen atoms in total. The van der Waals surface area contributed by atoms with Crippen LogP contribution in [0.2, 0.25) is 0 Å². The zero-order chi connectivity index (χ0) is 19.6. The lowest BCUT2D eigenvalue weighted by Gasteiger charge is -2.09. The number of pyridine rings is 1. The zero-order valence-corrected chi connectivity index (χ0v) is 15.9. The molecule has 0 aliphatic carbocycles. The van der Waals surface area contributed by atoms with E-state index in [4.69, 9.17) is 5.73 Å². The van der Waals surface area contributed by atoms with Crippen molar-refractivity contribution in [2.75, 3.05) is 14.1 Å². The summed E-state index contributed by atoms with van der Waals surface area (Å²) in [7, 11) is 3.26. The predicted molar refractivity (Wildman–Crippen MR) is 105 cm³/mol. The molecule has 0 aliphatic rings. The van der Waals surface area contributed by atoms with Crippen LogP contribution in [-0.4, -0.2) is 46.7 Å². The Balaban J connectivity index is 1.72. The van der Waals surface area contributed by atoms with Gasteiger partial charge in [-0.3, -0.25) is 19.9 Å². The Labute approximate surface area is 159 Å². The number of aromatic nitrogens is 2. The van der Waals surface area contributed by atoms with Gasteiger partial charge in [-0.25, -0.2) is 9.98 Å². The fraction of sp³-hybridized carbons (Fsp3) is 0.167. The summed E-state index contributed by atoms with van der Waals surface area (Å²) in [4.78, 5) is 38.1. The Morgan fingerprint density at radius 3 is 2.67 bits per heavy atom. The van der Waals surface area contributed by atoms with Gasteiger partial charge >= 0.3 is 0 Å². The summed E-state index contributed by atoms with van der Waals surface area (Å²) in [5.74, 6) is -0.742. The molecule has 0 saturated carbocycles. The van der Waals surface area contributed by atoms with Gasteiger partial charge in [0.25, 0.3) is 11.8 Å². The molecule has 1 aromatic carbocycles. The Kier molecular flexibility index (Phi) is 5.13. The fourth-order valence-corrected chi connectivity index (χ4v) is 3.15. The quantitative estimate of drug-likeness (QED) is 0.532. The van der Waals surface area contributed by atoms with E-state index in [1.54, 1.807) is 31.5 Å². The number of carbonyl (C=O) groups is 2. The van der Waals surface area contributed by atoms with Crippen molar-refractivity contribution in [1.29, 1.82) is 0 Å². The standard InChI is InChI=1S/C18H18N6O2S/c1-10-21-14-8-12(5-7-15(14)27-10)22-18(19)23-16(25)11-4-6-13(20-9-11)17(26)24(2)3/h4-9H,1-3H3,(H3,19,22,23,25). The van der Waals surface area contributed by atoms with Gasteiger partial charge in [0, 0.05) is 20.3 Å². The summed E-state index contributed by atoms with van der Waals surface area (Å²) >= 11 is 1.60. The molecule has 3 N–H and O–H groups in total. The number of carbonyl (C=O) groups excluding carboxylic acids is 2. The molecule has 2 aromatic heterocycles. The average Bonchev–Trinajstić information content (AvgIpc) is 3.00. The van der Waals surface area contributed by atoms with E-state index in [2.05, 4.69) is 20.3 Å². The monoisotopic (exact) mass is 382 g/mol. The number of benzene rings is 1. The molecule has 27 heavy (non-hydrogen) atoms. The molecule has 0 radical (unpaired) electrons. The first-order chi connectivity index (χ1) is 12.8. The van der Waals surface area contributed by atoms with Crippen molar-refractivity contribution >= 4 is 45.0 Å². The number of guanidine groups is 1. The third-order valence-corrected chi connectivity index (χ3v) is 4.57. The number of fused-ring (bicyclic) bond motifs is 1. The van der Waals surface area contributed by atoms with Crippen molar-refractivity contribution in [2.45, 2.75) is 6.92 Å².